The van der Waals surface area contributed by atoms with Crippen molar-refractivity contribution in [2.75, 3.05) is 0 Å². The summed E-state index contributed by atoms with van der Waals surface area (Å²) in [4.78, 5) is 12.9. The van der Waals surface area contributed by atoms with E-state index in [9.17, 15) is 13.2 Å². The summed E-state index contributed by atoms with van der Waals surface area (Å²) in [5.74, 6) is 0.938. The topological polar surface area (TPSA) is 119 Å². The summed E-state index contributed by atoms with van der Waals surface area (Å²) in [5.41, 5.74) is 6.82. The third kappa shape index (κ3) is 3.55. The first kappa shape index (κ1) is 19.7. The minimum absolute atomic E-state index is 0.0675. The number of nitrogens with one attached hydrogen (secondary N) is 1. The standard InChI is InChI=1S/C21H26N4O4S/c22-12-13-1-7-18(8-2-13)30(27,28)25-16-5-6-17(25)10-15(9-16)23-21(26)19-11-20(29-24-19)14-3-4-14/h1-2,7-8,11,14-17H,3-6,9-10,12,22H2,(H,23,26)/t15?,16-,17+. The first-order valence-electron chi connectivity index (χ1n) is 10.6. The number of nitrogens with zero attached hydrogens (tertiary/aromatic N) is 2. The maximum Gasteiger partial charge on any atom is 0.273 e. The quantitative estimate of drug-likeness (QED) is 0.725. The molecule has 2 aliphatic heterocycles. The van der Waals surface area contributed by atoms with Crippen molar-refractivity contribution in [1.82, 2.24) is 14.8 Å². The zero-order chi connectivity index (χ0) is 20.9. The Hall–Kier alpha value is -2.23. The molecule has 8 nitrogen and oxygen atoms in total. The van der Waals surface area contributed by atoms with Gasteiger partial charge >= 0.3 is 0 Å². The van der Waals surface area contributed by atoms with Gasteiger partial charge in [0.15, 0.2) is 5.69 Å². The van der Waals surface area contributed by atoms with Crippen LogP contribution in [0.4, 0.5) is 0 Å². The Bertz CT molecular complexity index is 1030. The third-order valence-corrected chi connectivity index (χ3v) is 8.50. The number of piperidine rings is 1. The fraction of sp³-hybridized carbons (Fsp3) is 0.524. The lowest BCUT2D eigenvalue weighted by Gasteiger charge is -2.38. The molecule has 0 spiro atoms. The van der Waals surface area contributed by atoms with Crippen LogP contribution in [-0.4, -0.2) is 41.9 Å². The Morgan fingerprint density at radius 3 is 2.40 bits per heavy atom. The molecule has 2 aromatic rings. The van der Waals surface area contributed by atoms with Crippen molar-refractivity contribution in [2.24, 2.45) is 5.73 Å². The van der Waals surface area contributed by atoms with Gasteiger partial charge in [0.05, 0.1) is 4.90 Å². The predicted molar refractivity (Wildman–Crippen MR) is 109 cm³/mol. The Kier molecular flexibility index (Phi) is 4.91. The molecule has 1 saturated carbocycles. The average molecular weight is 431 g/mol. The molecule has 30 heavy (non-hydrogen) atoms. The molecule has 1 aliphatic carbocycles. The summed E-state index contributed by atoms with van der Waals surface area (Å²) in [6.45, 7) is 0.379. The minimum atomic E-state index is -3.57. The lowest BCUT2D eigenvalue weighted by molar-refractivity contribution is 0.0900. The lowest BCUT2D eigenvalue weighted by Crippen LogP contribution is -2.52. The van der Waals surface area contributed by atoms with E-state index in [4.69, 9.17) is 10.3 Å². The summed E-state index contributed by atoms with van der Waals surface area (Å²) in [6, 6.07) is 8.24. The maximum atomic E-state index is 13.3. The molecule has 2 bridgehead atoms. The second-order valence-electron chi connectivity index (χ2n) is 8.60. The molecule has 9 heteroatoms. The minimum Gasteiger partial charge on any atom is -0.360 e. The van der Waals surface area contributed by atoms with Gasteiger partial charge in [0.2, 0.25) is 10.0 Å². The monoisotopic (exact) mass is 430 g/mol. The largest absolute Gasteiger partial charge is 0.360 e. The van der Waals surface area contributed by atoms with Crippen molar-refractivity contribution in [2.45, 2.75) is 74.0 Å². The summed E-state index contributed by atoms with van der Waals surface area (Å²) in [6.07, 6.45) is 5.01. The number of carbonyl (C=O) groups is 1. The van der Waals surface area contributed by atoms with Crippen molar-refractivity contribution >= 4 is 15.9 Å². The van der Waals surface area contributed by atoms with E-state index in [1.54, 1.807) is 34.6 Å². The number of aromatic nitrogens is 1. The van der Waals surface area contributed by atoms with Gasteiger partial charge in [0.1, 0.15) is 5.76 Å². The molecule has 3 fully saturated rings. The predicted octanol–water partition coefficient (Wildman–Crippen LogP) is 2.12. The van der Waals surface area contributed by atoms with Crippen molar-refractivity contribution in [3.8, 4) is 0 Å². The first-order valence-corrected chi connectivity index (χ1v) is 12.0. The lowest BCUT2D eigenvalue weighted by atomic mass is 9.99. The van der Waals surface area contributed by atoms with E-state index in [1.807, 2.05) is 0 Å². The fourth-order valence-corrected chi connectivity index (χ4v) is 6.67. The van der Waals surface area contributed by atoms with Crippen LogP contribution in [0.15, 0.2) is 39.8 Å². The van der Waals surface area contributed by atoms with Crippen LogP contribution in [0.3, 0.4) is 0 Å². The van der Waals surface area contributed by atoms with Gasteiger partial charge in [-0.1, -0.05) is 17.3 Å². The molecule has 3 heterocycles. The second-order valence-corrected chi connectivity index (χ2v) is 10.4. The normalized spacial score (nSPS) is 26.6. The average Bonchev–Trinajstić information content (AvgIpc) is 3.40. The number of benzene rings is 1. The summed E-state index contributed by atoms with van der Waals surface area (Å²) < 4.78 is 33.4. The van der Waals surface area contributed by atoms with Gasteiger partial charge in [0.25, 0.3) is 5.91 Å². The molecule has 160 valence electrons. The van der Waals surface area contributed by atoms with E-state index in [0.717, 1.165) is 37.0 Å². The van der Waals surface area contributed by atoms with Crippen LogP contribution in [0.1, 0.15) is 66.3 Å². The van der Waals surface area contributed by atoms with E-state index in [2.05, 4.69) is 10.5 Å². The molecule has 5 rings (SSSR count). The van der Waals surface area contributed by atoms with Crippen LogP contribution in [0.2, 0.25) is 0 Å². The van der Waals surface area contributed by atoms with Crippen LogP contribution >= 0.6 is 0 Å². The van der Waals surface area contributed by atoms with E-state index < -0.39 is 10.0 Å². The molecule has 1 unspecified atom stereocenters. The molecule has 3 aliphatic rings. The van der Waals surface area contributed by atoms with Gasteiger partial charge in [-0.25, -0.2) is 8.42 Å². The summed E-state index contributed by atoms with van der Waals surface area (Å²) in [5, 5.41) is 6.94. The highest BCUT2D eigenvalue weighted by Crippen LogP contribution is 2.41. The van der Waals surface area contributed by atoms with E-state index in [-0.39, 0.29) is 24.0 Å². The molecule has 3 atom stereocenters. The molecule has 2 saturated heterocycles. The Labute approximate surface area is 175 Å². The summed E-state index contributed by atoms with van der Waals surface area (Å²) >= 11 is 0. The molecule has 1 aromatic carbocycles. The first-order chi connectivity index (χ1) is 14.5. The van der Waals surface area contributed by atoms with Gasteiger partial charge in [-0.3, -0.25) is 4.79 Å². The van der Waals surface area contributed by atoms with Crippen molar-refractivity contribution in [3.05, 3.63) is 47.3 Å². The van der Waals surface area contributed by atoms with Crippen molar-refractivity contribution in [1.29, 1.82) is 0 Å². The van der Waals surface area contributed by atoms with Gasteiger partial charge in [-0.2, -0.15) is 4.31 Å². The molecule has 1 aromatic heterocycles. The number of carbonyl (C=O) groups excluding carboxylic acids is 1. The van der Waals surface area contributed by atoms with Crippen LogP contribution in [0.25, 0.3) is 0 Å². The van der Waals surface area contributed by atoms with Crippen molar-refractivity contribution in [3.63, 3.8) is 0 Å². The number of sulfonamides is 1. The number of fused-ring (bicyclic) bond motifs is 2. The highest BCUT2D eigenvalue weighted by atomic mass is 32.2. The number of hydrogen-bond donors (Lipinski definition) is 2. The van der Waals surface area contributed by atoms with Crippen molar-refractivity contribution < 1.29 is 17.7 Å². The SMILES string of the molecule is NCc1ccc(S(=O)(=O)N2[C@@H]3CC[C@H]2CC(NC(=O)c2cc(C4CC4)on2)C3)cc1. The van der Waals surface area contributed by atoms with Gasteiger partial charge in [0, 0.05) is 36.7 Å². The number of amides is 1. The number of nitrogens with two attached hydrogens (primary N) is 1. The Morgan fingerprint density at radius 2 is 1.80 bits per heavy atom. The summed E-state index contributed by atoms with van der Waals surface area (Å²) in [7, 11) is -3.57. The molecule has 1 amide bonds. The van der Waals surface area contributed by atoms with E-state index in [0.29, 0.717) is 35.9 Å². The molecule has 0 radical (unpaired) electrons. The van der Waals surface area contributed by atoms with Crippen LogP contribution in [0, 0.1) is 0 Å². The smallest absolute Gasteiger partial charge is 0.273 e. The second kappa shape index (κ2) is 7.47. The zero-order valence-corrected chi connectivity index (χ0v) is 17.5. The number of hydrogen-bond acceptors (Lipinski definition) is 6. The molecular formula is C21H26N4O4S. The van der Waals surface area contributed by atoms with E-state index in [1.165, 1.54) is 0 Å². The van der Waals surface area contributed by atoms with E-state index >= 15 is 0 Å². The fourth-order valence-electron chi connectivity index (χ4n) is 4.78. The van der Waals surface area contributed by atoms with Crippen LogP contribution in [-0.2, 0) is 16.6 Å². The van der Waals surface area contributed by atoms with Gasteiger partial charge in [-0.05, 0) is 56.2 Å². The van der Waals surface area contributed by atoms with Gasteiger partial charge < -0.3 is 15.6 Å². The molecular weight excluding hydrogens is 404 g/mol. The van der Waals surface area contributed by atoms with Crippen LogP contribution < -0.4 is 11.1 Å². The highest BCUT2D eigenvalue weighted by molar-refractivity contribution is 7.89. The highest BCUT2D eigenvalue weighted by Gasteiger charge is 2.47. The Morgan fingerprint density at radius 1 is 1.13 bits per heavy atom. The maximum absolute atomic E-state index is 13.3. The van der Waals surface area contributed by atoms with Gasteiger partial charge in [-0.15, -0.1) is 0 Å². The van der Waals surface area contributed by atoms with Crippen LogP contribution in [0.5, 0.6) is 0 Å². The Balaban J connectivity index is 1.27. The number of rotatable bonds is 6. The third-order valence-electron chi connectivity index (χ3n) is 6.48. The zero-order valence-electron chi connectivity index (χ0n) is 16.7. The molecule has 3 N–H and O–H groups in total.